The van der Waals surface area contributed by atoms with E-state index in [0.717, 1.165) is 17.1 Å². The van der Waals surface area contributed by atoms with Crippen LogP contribution < -0.4 is 4.74 Å². The lowest BCUT2D eigenvalue weighted by Gasteiger charge is -2.40. The summed E-state index contributed by atoms with van der Waals surface area (Å²) in [5.41, 5.74) is 17.4. The summed E-state index contributed by atoms with van der Waals surface area (Å²) in [6, 6.07) is 67.2. The summed E-state index contributed by atoms with van der Waals surface area (Å²) in [7, 11) is 0. The van der Waals surface area contributed by atoms with E-state index in [0.29, 0.717) is 0 Å². The van der Waals surface area contributed by atoms with Crippen LogP contribution in [-0.4, -0.2) is 0 Å². The van der Waals surface area contributed by atoms with Crippen molar-refractivity contribution in [3.8, 4) is 67.1 Å². The maximum Gasteiger partial charge on any atom is 0.135 e. The monoisotopic (exact) mass is 658 g/mol. The smallest absolute Gasteiger partial charge is 0.135 e. The summed E-state index contributed by atoms with van der Waals surface area (Å²) in [5, 5.41) is 5.01. The Labute approximate surface area is 302 Å². The van der Waals surface area contributed by atoms with Crippen LogP contribution in [0.1, 0.15) is 22.3 Å². The van der Waals surface area contributed by atoms with E-state index in [9.17, 15) is 0 Å². The molecule has 1 unspecified atom stereocenters. The van der Waals surface area contributed by atoms with Crippen molar-refractivity contribution in [2.24, 2.45) is 0 Å². The molecule has 0 bridgehead atoms. The number of hydrogen-bond donors (Lipinski definition) is 0. The van der Waals surface area contributed by atoms with Gasteiger partial charge in [0.25, 0.3) is 0 Å². The van der Waals surface area contributed by atoms with Gasteiger partial charge in [-0.15, -0.1) is 0 Å². The summed E-state index contributed by atoms with van der Waals surface area (Å²) in [6.07, 6.45) is 0. The fraction of sp³-hybridized carbons (Fsp3) is 0.0196. The molecular weight excluding hydrogens is 629 g/mol. The molecule has 0 amide bonds. The quantitative estimate of drug-likeness (QED) is 0.180. The van der Waals surface area contributed by atoms with Crippen molar-refractivity contribution >= 4 is 21.5 Å². The first-order valence-electron chi connectivity index (χ1n) is 18.1. The van der Waals surface area contributed by atoms with E-state index >= 15 is 0 Å². The molecule has 240 valence electrons. The van der Waals surface area contributed by atoms with Gasteiger partial charge in [0.15, 0.2) is 0 Å². The first-order chi connectivity index (χ1) is 25.8. The third-order valence-electron chi connectivity index (χ3n) is 11.9. The highest BCUT2D eigenvalue weighted by molar-refractivity contribution is 6.11. The van der Waals surface area contributed by atoms with Crippen molar-refractivity contribution in [1.29, 1.82) is 0 Å². The zero-order valence-electron chi connectivity index (χ0n) is 28.2. The van der Waals surface area contributed by atoms with E-state index in [1.54, 1.807) is 0 Å². The van der Waals surface area contributed by atoms with Crippen molar-refractivity contribution in [2.75, 3.05) is 0 Å². The second kappa shape index (κ2) is 10.2. The van der Waals surface area contributed by atoms with E-state index in [2.05, 4.69) is 182 Å². The lowest BCUT2D eigenvalue weighted by molar-refractivity contribution is 0.487. The van der Waals surface area contributed by atoms with Gasteiger partial charge in [0.05, 0.1) is 5.41 Å². The fourth-order valence-electron chi connectivity index (χ4n) is 9.89. The third-order valence-corrected chi connectivity index (χ3v) is 11.9. The molecule has 9 aromatic carbocycles. The Bertz CT molecular complexity index is 2980. The highest BCUT2D eigenvalue weighted by Gasteiger charge is 2.50. The maximum absolute atomic E-state index is 6.67. The van der Waals surface area contributed by atoms with Gasteiger partial charge in [0.1, 0.15) is 11.5 Å². The number of fused-ring (bicyclic) bond motifs is 11. The highest BCUT2D eigenvalue weighted by Crippen LogP contribution is 2.63. The van der Waals surface area contributed by atoms with Gasteiger partial charge in [-0.1, -0.05) is 164 Å². The van der Waals surface area contributed by atoms with Gasteiger partial charge in [-0.25, -0.2) is 0 Å². The molecule has 0 aromatic heterocycles. The van der Waals surface area contributed by atoms with Gasteiger partial charge in [-0.05, 0) is 107 Å². The largest absolute Gasteiger partial charge is 0.456 e. The van der Waals surface area contributed by atoms with Crippen molar-refractivity contribution in [3.05, 3.63) is 204 Å². The van der Waals surface area contributed by atoms with Crippen LogP contribution in [0.15, 0.2) is 182 Å². The van der Waals surface area contributed by atoms with Crippen molar-refractivity contribution in [1.82, 2.24) is 0 Å². The van der Waals surface area contributed by atoms with Crippen LogP contribution in [0.3, 0.4) is 0 Å². The first-order valence-corrected chi connectivity index (χ1v) is 18.1. The number of hydrogen-bond acceptors (Lipinski definition) is 1. The molecule has 0 N–H and O–H groups in total. The molecule has 0 fully saturated rings. The lowest BCUT2D eigenvalue weighted by Crippen LogP contribution is -2.31. The molecule has 0 radical (unpaired) electrons. The average molecular weight is 659 g/mol. The Morgan fingerprint density at radius 1 is 0.327 bits per heavy atom. The van der Waals surface area contributed by atoms with Gasteiger partial charge in [-0.2, -0.15) is 0 Å². The molecule has 1 nitrogen and oxygen atoms in total. The van der Waals surface area contributed by atoms with Crippen LogP contribution in [0, 0.1) is 0 Å². The minimum absolute atomic E-state index is 0.442. The van der Waals surface area contributed by atoms with Crippen molar-refractivity contribution < 1.29 is 4.74 Å². The maximum atomic E-state index is 6.67. The predicted octanol–water partition coefficient (Wildman–Crippen LogP) is 13.4. The van der Waals surface area contributed by atoms with Gasteiger partial charge in [0, 0.05) is 10.9 Å². The van der Waals surface area contributed by atoms with Crippen LogP contribution >= 0.6 is 0 Å². The fourth-order valence-corrected chi connectivity index (χ4v) is 9.89. The molecule has 1 aliphatic heterocycles. The topological polar surface area (TPSA) is 9.23 Å². The van der Waals surface area contributed by atoms with Crippen LogP contribution in [0.5, 0.6) is 11.5 Å². The number of ether oxygens (including phenoxy) is 1. The second-order valence-electron chi connectivity index (χ2n) is 14.3. The molecule has 0 saturated carbocycles. The van der Waals surface area contributed by atoms with E-state index in [4.69, 9.17) is 4.74 Å². The Balaban J connectivity index is 1.12. The van der Waals surface area contributed by atoms with Crippen LogP contribution in [-0.2, 0) is 5.41 Å². The summed E-state index contributed by atoms with van der Waals surface area (Å²) in [5.74, 6) is 1.80. The van der Waals surface area contributed by atoms with E-state index in [1.165, 1.54) is 93.9 Å². The van der Waals surface area contributed by atoms with E-state index in [1.807, 2.05) is 0 Å². The first kappa shape index (κ1) is 28.0. The Kier molecular flexibility index (Phi) is 5.49. The predicted molar refractivity (Wildman–Crippen MR) is 214 cm³/mol. The minimum atomic E-state index is -0.442. The summed E-state index contributed by atoms with van der Waals surface area (Å²) in [4.78, 5) is 0. The normalized spacial score (nSPS) is 15.5. The molecular formula is C51H30O. The molecule has 0 saturated heterocycles. The molecule has 9 aromatic rings. The Morgan fingerprint density at radius 3 is 1.81 bits per heavy atom. The van der Waals surface area contributed by atoms with Gasteiger partial charge in [0.2, 0.25) is 0 Å². The van der Waals surface area contributed by atoms with E-state index < -0.39 is 5.41 Å². The molecule has 1 spiro atoms. The average Bonchev–Trinajstić information content (AvgIpc) is 3.51. The zero-order chi connectivity index (χ0) is 34.0. The molecule has 12 rings (SSSR count). The zero-order valence-corrected chi connectivity index (χ0v) is 28.2. The summed E-state index contributed by atoms with van der Waals surface area (Å²) >= 11 is 0. The molecule has 2 aliphatic carbocycles. The summed E-state index contributed by atoms with van der Waals surface area (Å²) < 4.78 is 6.67. The molecule has 52 heavy (non-hydrogen) atoms. The Hall–Kier alpha value is -6.70. The van der Waals surface area contributed by atoms with Crippen LogP contribution in [0.2, 0.25) is 0 Å². The SMILES string of the molecule is c1ccc(-c2ccc3c4c(cccc24)-c2cc(-c4cccc5c4-c4ccccc4C54c5ccccc5-c5cccc6cccc4c56)ccc2O3)cc1. The van der Waals surface area contributed by atoms with Gasteiger partial charge in [-0.3, -0.25) is 0 Å². The number of rotatable bonds is 2. The lowest BCUT2D eigenvalue weighted by atomic mass is 9.61. The third kappa shape index (κ3) is 3.48. The van der Waals surface area contributed by atoms with Gasteiger partial charge < -0.3 is 4.74 Å². The van der Waals surface area contributed by atoms with E-state index in [-0.39, 0.29) is 0 Å². The molecule has 1 heterocycles. The van der Waals surface area contributed by atoms with Crippen molar-refractivity contribution in [2.45, 2.75) is 5.41 Å². The molecule has 1 heteroatoms. The minimum Gasteiger partial charge on any atom is -0.456 e. The van der Waals surface area contributed by atoms with Crippen LogP contribution in [0.25, 0.3) is 77.2 Å². The molecule has 1 atom stereocenters. The van der Waals surface area contributed by atoms with Crippen LogP contribution in [0.4, 0.5) is 0 Å². The second-order valence-corrected chi connectivity index (χ2v) is 14.3. The Morgan fingerprint density at radius 2 is 0.942 bits per heavy atom. The number of benzene rings is 9. The molecule has 3 aliphatic rings. The standard InChI is InChI=1S/C51H30O/c1-2-12-31(13-3-1)34-27-29-47-50-37(34)20-10-21-39(50)41-30-33(26-28-46(41)52-47)35-18-11-25-45-49(35)40-17-5-7-23-43(40)51(45)42-22-6-4-16-36(42)38-19-8-14-32-15-9-24-44(51)48(32)38/h1-30H. The van der Waals surface area contributed by atoms with Crippen molar-refractivity contribution in [3.63, 3.8) is 0 Å². The highest BCUT2D eigenvalue weighted by atomic mass is 16.5. The van der Waals surface area contributed by atoms with Gasteiger partial charge >= 0.3 is 0 Å². The summed E-state index contributed by atoms with van der Waals surface area (Å²) in [6.45, 7) is 0.